The van der Waals surface area contributed by atoms with Crippen molar-refractivity contribution in [3.05, 3.63) is 24.7 Å². The number of aromatic nitrogens is 3. The van der Waals surface area contributed by atoms with E-state index in [1.165, 1.54) is 11.3 Å². The van der Waals surface area contributed by atoms with E-state index >= 15 is 0 Å². The van der Waals surface area contributed by atoms with E-state index in [-0.39, 0.29) is 11.4 Å². The maximum absolute atomic E-state index is 12.9. The lowest BCUT2D eigenvalue weighted by Crippen LogP contribution is -2.37. The van der Waals surface area contributed by atoms with Crippen LogP contribution in [0.15, 0.2) is 24.7 Å². The minimum absolute atomic E-state index is 0.124. The molecular weight excluding hydrogens is 416 g/mol. The van der Waals surface area contributed by atoms with Gasteiger partial charge in [-0.25, -0.2) is 14.8 Å². The molecule has 0 radical (unpaired) electrons. The fourth-order valence-electron chi connectivity index (χ4n) is 4.40. The lowest BCUT2D eigenvalue weighted by molar-refractivity contribution is 0.0211. The number of likely N-dealkylation sites (tertiary alicyclic amines) is 1. The number of rotatable bonds is 3. The maximum atomic E-state index is 12.9. The smallest absolute Gasteiger partial charge is 0.323 e. The molecule has 0 saturated carbocycles. The Bertz CT molecular complexity index is 1130. The zero-order chi connectivity index (χ0) is 21.4. The second kappa shape index (κ2) is 7.93. The Morgan fingerprint density at radius 3 is 2.90 bits per heavy atom. The van der Waals surface area contributed by atoms with Crippen LogP contribution in [0.4, 0.5) is 15.6 Å². The number of fused-ring (bicyclic) bond motifs is 1. The quantitative estimate of drug-likeness (QED) is 0.641. The van der Waals surface area contributed by atoms with E-state index in [4.69, 9.17) is 15.2 Å². The summed E-state index contributed by atoms with van der Waals surface area (Å²) in [6.45, 7) is 3.07. The summed E-state index contributed by atoms with van der Waals surface area (Å²) in [5, 5.41) is 3.49. The van der Waals surface area contributed by atoms with Crippen molar-refractivity contribution in [1.82, 2.24) is 19.9 Å². The molecule has 0 aliphatic carbocycles. The summed E-state index contributed by atoms with van der Waals surface area (Å²) >= 11 is 1.39. The summed E-state index contributed by atoms with van der Waals surface area (Å²) in [5.74, 6) is 0.412. The summed E-state index contributed by atoms with van der Waals surface area (Å²) < 4.78 is 11.8. The second-order valence-electron chi connectivity index (χ2n) is 8.10. The normalized spacial score (nSPS) is 17.9. The van der Waals surface area contributed by atoms with Crippen molar-refractivity contribution in [2.75, 3.05) is 44.5 Å². The number of nitrogens with one attached hydrogen (secondary N) is 1. The van der Waals surface area contributed by atoms with E-state index < -0.39 is 0 Å². The molecule has 3 N–H and O–H groups in total. The first-order valence-corrected chi connectivity index (χ1v) is 11.1. The van der Waals surface area contributed by atoms with Gasteiger partial charge in [0.2, 0.25) is 5.88 Å². The van der Waals surface area contributed by atoms with Gasteiger partial charge in [-0.15, -0.1) is 0 Å². The molecule has 10 heteroatoms. The van der Waals surface area contributed by atoms with Crippen molar-refractivity contribution in [3.63, 3.8) is 0 Å². The number of carbonyl (C=O) groups excluding carboxylic acids is 1. The topological polar surface area (TPSA) is 115 Å². The molecule has 2 amide bonds. The van der Waals surface area contributed by atoms with Gasteiger partial charge in [-0.05, 0) is 30.7 Å². The van der Waals surface area contributed by atoms with Gasteiger partial charge in [0.1, 0.15) is 5.52 Å². The Kier molecular flexibility index (Phi) is 5.11. The lowest BCUT2D eigenvalue weighted by atomic mass is 9.80. The average molecular weight is 441 g/mol. The fourth-order valence-corrected chi connectivity index (χ4v) is 5.37. The SMILES string of the molecule is COc1ncc(-c2cncc(N)c2)c2sc(NC(=O)N3CCC4(CCOCC4)C3)nc12. The Balaban J connectivity index is 1.42. The van der Waals surface area contributed by atoms with Crippen LogP contribution in [0.1, 0.15) is 19.3 Å². The monoisotopic (exact) mass is 440 g/mol. The van der Waals surface area contributed by atoms with Gasteiger partial charge in [-0.1, -0.05) is 11.3 Å². The largest absolute Gasteiger partial charge is 0.479 e. The third kappa shape index (κ3) is 3.77. The van der Waals surface area contributed by atoms with E-state index in [1.54, 1.807) is 25.7 Å². The standard InChI is InChI=1S/C21H24N6O3S/c1-29-18-16-17(15(11-24-18)13-8-14(22)10-23-9-13)31-19(25-16)26-20(28)27-5-2-21(12-27)3-6-30-7-4-21/h8-11H,2-7,12,22H2,1H3,(H,25,26,28). The predicted molar refractivity (Wildman–Crippen MR) is 119 cm³/mol. The lowest BCUT2D eigenvalue weighted by Gasteiger charge is -2.33. The third-order valence-electron chi connectivity index (χ3n) is 6.14. The summed E-state index contributed by atoms with van der Waals surface area (Å²) in [6.07, 6.45) is 8.09. The Morgan fingerprint density at radius 1 is 1.29 bits per heavy atom. The number of nitrogens with zero attached hydrogens (tertiary/aromatic N) is 4. The fraction of sp³-hybridized carbons (Fsp3) is 0.429. The van der Waals surface area contributed by atoms with Crippen LogP contribution < -0.4 is 15.8 Å². The molecule has 3 aromatic rings. The molecule has 3 aromatic heterocycles. The number of methoxy groups -OCH3 is 1. The molecule has 0 bridgehead atoms. The summed E-state index contributed by atoms with van der Waals surface area (Å²) in [6, 6.07) is 1.72. The van der Waals surface area contributed by atoms with Gasteiger partial charge in [0.25, 0.3) is 0 Å². The van der Waals surface area contributed by atoms with E-state index in [0.29, 0.717) is 22.2 Å². The van der Waals surface area contributed by atoms with E-state index in [2.05, 4.69) is 20.3 Å². The molecule has 2 fully saturated rings. The predicted octanol–water partition coefficient (Wildman–Crippen LogP) is 3.38. The zero-order valence-electron chi connectivity index (χ0n) is 17.3. The van der Waals surface area contributed by atoms with Crippen molar-refractivity contribution >= 4 is 38.4 Å². The van der Waals surface area contributed by atoms with Crippen LogP contribution in [0.2, 0.25) is 0 Å². The molecule has 5 rings (SSSR count). The molecule has 2 aliphatic heterocycles. The van der Waals surface area contributed by atoms with Crippen molar-refractivity contribution in [3.8, 4) is 17.0 Å². The molecule has 0 unspecified atom stereocenters. The minimum Gasteiger partial charge on any atom is -0.479 e. The highest BCUT2D eigenvalue weighted by molar-refractivity contribution is 7.23. The Morgan fingerprint density at radius 2 is 2.13 bits per heavy atom. The van der Waals surface area contributed by atoms with Gasteiger partial charge in [0.15, 0.2) is 5.13 Å². The van der Waals surface area contributed by atoms with Crippen LogP contribution in [0, 0.1) is 5.41 Å². The Labute approximate surface area is 183 Å². The van der Waals surface area contributed by atoms with Crippen LogP contribution in [0.5, 0.6) is 5.88 Å². The van der Waals surface area contributed by atoms with Crippen LogP contribution in [0.25, 0.3) is 21.3 Å². The highest BCUT2D eigenvalue weighted by Crippen LogP contribution is 2.41. The number of nitrogen functional groups attached to an aromatic ring is 1. The van der Waals surface area contributed by atoms with Gasteiger partial charge < -0.3 is 20.1 Å². The zero-order valence-corrected chi connectivity index (χ0v) is 18.1. The number of urea groups is 1. The highest BCUT2D eigenvalue weighted by atomic mass is 32.1. The number of pyridine rings is 2. The molecular formula is C21H24N6O3S. The number of amides is 2. The molecule has 31 heavy (non-hydrogen) atoms. The molecule has 2 aliphatic rings. The molecule has 2 saturated heterocycles. The summed E-state index contributed by atoms with van der Waals surface area (Å²) in [7, 11) is 1.55. The highest BCUT2D eigenvalue weighted by Gasteiger charge is 2.41. The van der Waals surface area contributed by atoms with Crippen molar-refractivity contribution < 1.29 is 14.3 Å². The molecule has 5 heterocycles. The van der Waals surface area contributed by atoms with E-state index in [1.807, 2.05) is 11.0 Å². The molecule has 9 nitrogen and oxygen atoms in total. The number of carbonyl (C=O) groups is 1. The van der Waals surface area contributed by atoms with Gasteiger partial charge in [0.05, 0.1) is 17.5 Å². The Hall–Kier alpha value is -2.98. The first-order chi connectivity index (χ1) is 15.1. The first-order valence-electron chi connectivity index (χ1n) is 10.2. The minimum atomic E-state index is -0.124. The van der Waals surface area contributed by atoms with Gasteiger partial charge in [-0.3, -0.25) is 10.3 Å². The van der Waals surface area contributed by atoms with E-state index in [9.17, 15) is 4.79 Å². The number of thiazole rings is 1. The van der Waals surface area contributed by atoms with Crippen LogP contribution in [-0.2, 0) is 4.74 Å². The van der Waals surface area contributed by atoms with Crippen LogP contribution in [0.3, 0.4) is 0 Å². The van der Waals surface area contributed by atoms with Crippen molar-refractivity contribution in [2.45, 2.75) is 19.3 Å². The van der Waals surface area contributed by atoms with Crippen molar-refractivity contribution in [1.29, 1.82) is 0 Å². The molecule has 162 valence electrons. The molecule has 1 spiro atoms. The number of hydrogen-bond acceptors (Lipinski definition) is 8. The molecule has 0 atom stereocenters. The number of hydrogen-bond donors (Lipinski definition) is 2. The summed E-state index contributed by atoms with van der Waals surface area (Å²) in [5.41, 5.74) is 8.95. The first kappa shape index (κ1) is 20.0. The summed E-state index contributed by atoms with van der Waals surface area (Å²) in [4.78, 5) is 28.0. The van der Waals surface area contributed by atoms with Gasteiger partial charge in [-0.2, -0.15) is 0 Å². The molecule has 0 aromatic carbocycles. The van der Waals surface area contributed by atoms with Gasteiger partial charge >= 0.3 is 6.03 Å². The maximum Gasteiger partial charge on any atom is 0.323 e. The van der Waals surface area contributed by atoms with Gasteiger partial charge in [0, 0.05) is 56.0 Å². The van der Waals surface area contributed by atoms with Crippen LogP contribution >= 0.6 is 11.3 Å². The van der Waals surface area contributed by atoms with Crippen molar-refractivity contribution in [2.24, 2.45) is 5.41 Å². The number of ether oxygens (including phenoxy) is 2. The van der Waals surface area contributed by atoms with E-state index in [0.717, 1.165) is 61.4 Å². The average Bonchev–Trinajstić information content (AvgIpc) is 3.38. The van der Waals surface area contributed by atoms with Crippen LogP contribution in [-0.4, -0.2) is 59.3 Å². The number of nitrogens with two attached hydrogens (primary N) is 1. The second-order valence-corrected chi connectivity index (χ2v) is 9.10. The number of anilines is 2. The third-order valence-corrected chi connectivity index (χ3v) is 7.15.